The minimum Gasteiger partial charge on any atom is -0.268 e. The van der Waals surface area contributed by atoms with E-state index in [1.165, 1.54) is 22.3 Å². The topological polar surface area (TPSA) is 22.0 Å². The summed E-state index contributed by atoms with van der Waals surface area (Å²) < 4.78 is 1.75. The highest BCUT2D eigenvalue weighted by molar-refractivity contribution is 7.04. The van der Waals surface area contributed by atoms with Gasteiger partial charge in [0, 0.05) is 11.4 Å². The summed E-state index contributed by atoms with van der Waals surface area (Å²) in [4.78, 5) is 11.5. The van der Waals surface area contributed by atoms with E-state index in [4.69, 9.17) is 0 Å². The van der Waals surface area contributed by atoms with Gasteiger partial charge in [-0.25, -0.2) is 0 Å². The average molecular weight is 241 g/mol. The van der Waals surface area contributed by atoms with Crippen molar-refractivity contribution in [3.8, 4) is 0 Å². The van der Waals surface area contributed by atoms with E-state index in [-0.39, 0.29) is 5.56 Å². The van der Waals surface area contributed by atoms with Gasteiger partial charge in [0.15, 0.2) is 0 Å². The molecule has 3 aromatic rings. The molecule has 0 spiro atoms. The smallest absolute Gasteiger partial charge is 0.260 e. The van der Waals surface area contributed by atoms with E-state index >= 15 is 0 Å². The normalized spacial score (nSPS) is 10.8. The first-order chi connectivity index (χ1) is 8.33. The Labute approximate surface area is 103 Å². The number of benzene rings is 2. The Morgan fingerprint density at radius 2 is 1.82 bits per heavy atom. The molecule has 0 aliphatic rings. The van der Waals surface area contributed by atoms with Crippen LogP contribution < -0.4 is 5.56 Å². The number of aromatic nitrogens is 1. The second-order valence-corrected chi connectivity index (χ2v) is 4.89. The summed E-state index contributed by atoms with van der Waals surface area (Å²) in [5.41, 5.74) is 1.23. The molecule has 17 heavy (non-hydrogen) atoms. The summed E-state index contributed by atoms with van der Waals surface area (Å²) in [6.07, 6.45) is 0. The molecule has 3 heteroatoms. The van der Waals surface area contributed by atoms with E-state index < -0.39 is 0 Å². The van der Waals surface area contributed by atoms with Crippen LogP contribution in [-0.2, 0) is 6.54 Å². The summed E-state index contributed by atoms with van der Waals surface area (Å²) in [6.45, 7) is 0.654. The molecule has 2 aromatic carbocycles. The quantitative estimate of drug-likeness (QED) is 0.675. The molecule has 0 atom stereocenters. The van der Waals surface area contributed by atoms with Crippen molar-refractivity contribution in [1.29, 1.82) is 0 Å². The number of fused-ring (bicyclic) bond motifs is 1. The molecule has 0 aliphatic heterocycles. The lowest BCUT2D eigenvalue weighted by Gasteiger charge is -2.03. The average Bonchev–Trinajstić information content (AvgIpc) is 2.75. The standard InChI is InChI=1S/C14H11NOS/c16-14-7-8-17-15(14)10-11-5-6-12-3-1-2-4-13(12)9-11/h1-9H,10H2. The van der Waals surface area contributed by atoms with E-state index in [2.05, 4.69) is 30.3 Å². The van der Waals surface area contributed by atoms with E-state index in [1.807, 2.05) is 17.5 Å². The highest BCUT2D eigenvalue weighted by atomic mass is 32.1. The Bertz CT molecular complexity index is 711. The lowest BCUT2D eigenvalue weighted by atomic mass is 10.1. The van der Waals surface area contributed by atoms with Crippen molar-refractivity contribution in [3.05, 3.63) is 69.8 Å². The Balaban J connectivity index is 2.01. The molecule has 0 saturated carbocycles. The first kappa shape index (κ1) is 10.3. The Morgan fingerprint density at radius 1 is 1.00 bits per heavy atom. The first-order valence-corrected chi connectivity index (χ1v) is 6.29. The molecule has 0 saturated heterocycles. The van der Waals surface area contributed by atoms with Gasteiger partial charge in [-0.1, -0.05) is 47.9 Å². The molecule has 3 rings (SSSR count). The van der Waals surface area contributed by atoms with E-state index in [0.717, 1.165) is 5.56 Å². The second-order valence-electron chi connectivity index (χ2n) is 3.96. The largest absolute Gasteiger partial charge is 0.268 e. The van der Waals surface area contributed by atoms with Crippen molar-refractivity contribution >= 4 is 22.3 Å². The fourth-order valence-corrected chi connectivity index (χ4v) is 2.63. The van der Waals surface area contributed by atoms with Crippen LogP contribution >= 0.6 is 11.5 Å². The molecule has 1 aromatic heterocycles. The van der Waals surface area contributed by atoms with Gasteiger partial charge >= 0.3 is 0 Å². The molecule has 0 unspecified atom stereocenters. The molecular weight excluding hydrogens is 230 g/mol. The predicted octanol–water partition coefficient (Wildman–Crippen LogP) is 3.11. The number of hydrogen-bond donors (Lipinski definition) is 0. The van der Waals surface area contributed by atoms with E-state index in [1.54, 1.807) is 10.0 Å². The zero-order chi connectivity index (χ0) is 11.7. The van der Waals surface area contributed by atoms with Crippen LogP contribution in [0.1, 0.15) is 5.56 Å². The minimum atomic E-state index is 0.0724. The van der Waals surface area contributed by atoms with Crippen molar-refractivity contribution in [2.24, 2.45) is 0 Å². The van der Waals surface area contributed by atoms with Crippen LogP contribution in [-0.4, -0.2) is 3.96 Å². The molecule has 1 heterocycles. The molecular formula is C14H11NOS. The van der Waals surface area contributed by atoms with Gasteiger partial charge in [-0.15, -0.1) is 0 Å². The van der Waals surface area contributed by atoms with Crippen molar-refractivity contribution in [2.45, 2.75) is 6.54 Å². The lowest BCUT2D eigenvalue weighted by molar-refractivity contribution is 0.851. The molecule has 0 amide bonds. The fraction of sp³-hybridized carbons (Fsp3) is 0.0714. The van der Waals surface area contributed by atoms with Crippen molar-refractivity contribution in [1.82, 2.24) is 3.96 Å². The van der Waals surface area contributed by atoms with Crippen molar-refractivity contribution in [3.63, 3.8) is 0 Å². The number of hydrogen-bond acceptors (Lipinski definition) is 2. The van der Waals surface area contributed by atoms with Crippen LogP contribution in [0, 0.1) is 0 Å². The van der Waals surface area contributed by atoms with Gasteiger partial charge in [-0.05, 0) is 22.4 Å². The molecule has 0 bridgehead atoms. The summed E-state index contributed by atoms with van der Waals surface area (Å²) in [6, 6.07) is 16.2. The van der Waals surface area contributed by atoms with Gasteiger partial charge in [0.05, 0.1) is 6.54 Å². The van der Waals surface area contributed by atoms with E-state index in [9.17, 15) is 4.79 Å². The van der Waals surface area contributed by atoms with Gasteiger partial charge in [0.25, 0.3) is 5.56 Å². The van der Waals surface area contributed by atoms with E-state index in [0.29, 0.717) is 6.54 Å². The molecule has 0 N–H and O–H groups in total. The molecule has 0 fully saturated rings. The number of nitrogens with zero attached hydrogens (tertiary/aromatic N) is 1. The first-order valence-electron chi connectivity index (χ1n) is 5.45. The second kappa shape index (κ2) is 4.18. The summed E-state index contributed by atoms with van der Waals surface area (Å²) >= 11 is 1.45. The summed E-state index contributed by atoms with van der Waals surface area (Å²) in [5.74, 6) is 0. The highest BCUT2D eigenvalue weighted by Gasteiger charge is 2.00. The maximum Gasteiger partial charge on any atom is 0.260 e. The third-order valence-corrected chi connectivity index (χ3v) is 3.61. The van der Waals surface area contributed by atoms with Gasteiger partial charge in [-0.3, -0.25) is 8.75 Å². The van der Waals surface area contributed by atoms with Crippen LogP contribution in [0.4, 0.5) is 0 Å². The third-order valence-electron chi connectivity index (χ3n) is 2.78. The minimum absolute atomic E-state index is 0.0724. The van der Waals surface area contributed by atoms with Crippen LogP contribution in [0.2, 0.25) is 0 Å². The summed E-state index contributed by atoms with van der Waals surface area (Å²) in [5, 5.41) is 4.27. The Kier molecular flexibility index (Phi) is 2.53. The number of rotatable bonds is 2. The van der Waals surface area contributed by atoms with Gasteiger partial charge in [0.2, 0.25) is 0 Å². The fourth-order valence-electron chi connectivity index (χ4n) is 1.92. The van der Waals surface area contributed by atoms with Gasteiger partial charge in [-0.2, -0.15) is 0 Å². The molecule has 84 valence electrons. The third kappa shape index (κ3) is 2.01. The Morgan fingerprint density at radius 3 is 2.59 bits per heavy atom. The molecule has 0 aliphatic carbocycles. The van der Waals surface area contributed by atoms with Crippen LogP contribution in [0.5, 0.6) is 0 Å². The highest BCUT2D eigenvalue weighted by Crippen LogP contribution is 2.16. The zero-order valence-electron chi connectivity index (χ0n) is 9.17. The van der Waals surface area contributed by atoms with Gasteiger partial charge in [0.1, 0.15) is 0 Å². The Hall–Kier alpha value is -1.87. The van der Waals surface area contributed by atoms with Crippen molar-refractivity contribution < 1.29 is 0 Å². The summed E-state index contributed by atoms with van der Waals surface area (Å²) in [7, 11) is 0. The maximum absolute atomic E-state index is 11.5. The monoisotopic (exact) mass is 241 g/mol. The van der Waals surface area contributed by atoms with Crippen LogP contribution in [0.15, 0.2) is 58.7 Å². The molecule has 0 radical (unpaired) electrons. The zero-order valence-corrected chi connectivity index (χ0v) is 9.98. The lowest BCUT2D eigenvalue weighted by Crippen LogP contribution is -2.12. The molecule has 2 nitrogen and oxygen atoms in total. The maximum atomic E-state index is 11.5. The van der Waals surface area contributed by atoms with Gasteiger partial charge < -0.3 is 0 Å². The van der Waals surface area contributed by atoms with Crippen LogP contribution in [0.25, 0.3) is 10.8 Å². The predicted molar refractivity (Wildman–Crippen MR) is 71.6 cm³/mol. The SMILES string of the molecule is O=c1ccsn1Cc1ccc2ccccc2c1. The van der Waals surface area contributed by atoms with Crippen LogP contribution in [0.3, 0.4) is 0 Å². The van der Waals surface area contributed by atoms with Crippen molar-refractivity contribution in [2.75, 3.05) is 0 Å².